The third kappa shape index (κ3) is 6.12. The maximum atomic E-state index is 14.0. The SMILES string of the molecule is Cc1ccc(C2C(=Cc3cccc(N4CCOCC4)n3)C(=O)C(C)(C)CN2CCN2CCOCC2)cc1. The van der Waals surface area contributed by atoms with Gasteiger partial charge in [-0.05, 0) is 30.7 Å². The van der Waals surface area contributed by atoms with E-state index in [1.54, 1.807) is 0 Å². The molecule has 198 valence electrons. The highest BCUT2D eigenvalue weighted by molar-refractivity contribution is 6.05. The lowest BCUT2D eigenvalue weighted by molar-refractivity contribution is -0.128. The first-order valence-corrected chi connectivity index (χ1v) is 13.6. The normalized spacial score (nSPS) is 24.5. The average Bonchev–Trinajstić information content (AvgIpc) is 2.92. The molecule has 37 heavy (non-hydrogen) atoms. The van der Waals surface area contributed by atoms with Crippen molar-refractivity contribution >= 4 is 17.7 Å². The van der Waals surface area contributed by atoms with Gasteiger partial charge in [0, 0.05) is 56.8 Å². The smallest absolute Gasteiger partial charge is 0.167 e. The van der Waals surface area contributed by atoms with Crippen LogP contribution in [0.4, 0.5) is 5.82 Å². The molecule has 0 bridgehead atoms. The Morgan fingerprint density at radius 3 is 2.32 bits per heavy atom. The molecule has 3 aliphatic rings. The van der Waals surface area contributed by atoms with Gasteiger partial charge in [-0.1, -0.05) is 49.7 Å². The van der Waals surface area contributed by atoms with Crippen molar-refractivity contribution in [3.05, 3.63) is 64.9 Å². The van der Waals surface area contributed by atoms with Crippen molar-refractivity contribution in [2.24, 2.45) is 5.41 Å². The van der Waals surface area contributed by atoms with Crippen LogP contribution in [0, 0.1) is 12.3 Å². The highest BCUT2D eigenvalue weighted by Crippen LogP contribution is 2.41. The Hall–Kier alpha value is -2.58. The van der Waals surface area contributed by atoms with E-state index in [9.17, 15) is 4.79 Å². The number of hydrogen-bond donors (Lipinski definition) is 0. The molecular weight excluding hydrogens is 464 g/mol. The topological polar surface area (TPSA) is 58.1 Å². The van der Waals surface area contributed by atoms with E-state index in [2.05, 4.69) is 59.7 Å². The minimum Gasteiger partial charge on any atom is -0.379 e. The summed E-state index contributed by atoms with van der Waals surface area (Å²) in [6.07, 6.45) is 2.04. The number of likely N-dealkylation sites (tertiary alicyclic amines) is 1. The molecule has 0 radical (unpaired) electrons. The number of benzene rings is 1. The molecule has 7 nitrogen and oxygen atoms in total. The van der Waals surface area contributed by atoms with Crippen LogP contribution in [-0.2, 0) is 14.3 Å². The zero-order valence-electron chi connectivity index (χ0n) is 22.5. The molecule has 1 unspecified atom stereocenters. The van der Waals surface area contributed by atoms with E-state index in [0.717, 1.165) is 81.7 Å². The van der Waals surface area contributed by atoms with Crippen LogP contribution in [0.15, 0.2) is 48.0 Å². The summed E-state index contributed by atoms with van der Waals surface area (Å²) in [4.78, 5) is 26.1. The largest absolute Gasteiger partial charge is 0.379 e. The van der Waals surface area contributed by atoms with Gasteiger partial charge in [-0.2, -0.15) is 0 Å². The number of aromatic nitrogens is 1. The highest BCUT2D eigenvalue weighted by atomic mass is 16.5. The molecule has 4 heterocycles. The van der Waals surface area contributed by atoms with Gasteiger partial charge >= 0.3 is 0 Å². The molecule has 1 aromatic heterocycles. The Morgan fingerprint density at radius 2 is 1.62 bits per heavy atom. The Balaban J connectivity index is 1.50. The summed E-state index contributed by atoms with van der Waals surface area (Å²) >= 11 is 0. The first-order chi connectivity index (χ1) is 17.9. The molecule has 1 atom stereocenters. The molecule has 3 saturated heterocycles. The lowest BCUT2D eigenvalue weighted by Crippen LogP contribution is -2.51. The first kappa shape index (κ1) is 26.0. The van der Waals surface area contributed by atoms with Crippen LogP contribution >= 0.6 is 0 Å². The van der Waals surface area contributed by atoms with Gasteiger partial charge in [-0.3, -0.25) is 14.6 Å². The standard InChI is InChI=1S/C30H40N4O3/c1-23-7-9-24(10-8-23)28-26(21-25-5-4-6-27(31-25)33-15-19-37-20-16-33)29(35)30(2,3)22-34(28)12-11-32-13-17-36-18-14-32/h4-10,21,28H,11-20,22H2,1-3H3. The second-order valence-electron chi connectivity index (χ2n) is 11.1. The van der Waals surface area contributed by atoms with Gasteiger partial charge in [0.05, 0.1) is 38.2 Å². The number of morpholine rings is 2. The fraction of sp³-hybridized carbons (Fsp3) is 0.533. The number of ether oxygens (including phenoxy) is 2. The number of rotatable bonds is 6. The van der Waals surface area contributed by atoms with Crippen molar-refractivity contribution < 1.29 is 14.3 Å². The average molecular weight is 505 g/mol. The van der Waals surface area contributed by atoms with Crippen LogP contribution < -0.4 is 4.90 Å². The lowest BCUT2D eigenvalue weighted by Gasteiger charge is -2.45. The molecular formula is C30H40N4O3. The third-order valence-corrected chi connectivity index (χ3v) is 7.73. The summed E-state index contributed by atoms with van der Waals surface area (Å²) in [5.74, 6) is 1.15. The fourth-order valence-electron chi connectivity index (χ4n) is 5.62. The fourth-order valence-corrected chi connectivity index (χ4v) is 5.62. The van der Waals surface area contributed by atoms with Crippen molar-refractivity contribution in [3.63, 3.8) is 0 Å². The summed E-state index contributed by atoms with van der Waals surface area (Å²) in [5.41, 5.74) is 3.56. The van der Waals surface area contributed by atoms with E-state index in [0.29, 0.717) is 13.2 Å². The summed E-state index contributed by atoms with van der Waals surface area (Å²) in [5, 5.41) is 0. The van der Waals surface area contributed by atoms with Crippen molar-refractivity contribution in [2.45, 2.75) is 26.8 Å². The number of carbonyl (C=O) groups excluding carboxylic acids is 1. The Labute approximate surface area is 221 Å². The zero-order chi connectivity index (χ0) is 25.8. The molecule has 7 heteroatoms. The number of nitrogens with zero attached hydrogens (tertiary/aromatic N) is 4. The Morgan fingerprint density at radius 1 is 0.946 bits per heavy atom. The second-order valence-corrected chi connectivity index (χ2v) is 11.1. The Bertz CT molecular complexity index is 1100. The van der Waals surface area contributed by atoms with E-state index in [1.165, 1.54) is 5.56 Å². The molecule has 0 N–H and O–H groups in total. The number of carbonyl (C=O) groups is 1. The van der Waals surface area contributed by atoms with Crippen molar-refractivity contribution in [2.75, 3.05) is 77.1 Å². The minimum atomic E-state index is -0.472. The lowest BCUT2D eigenvalue weighted by atomic mass is 9.74. The van der Waals surface area contributed by atoms with Crippen LogP contribution in [0.3, 0.4) is 0 Å². The predicted molar refractivity (Wildman–Crippen MR) is 147 cm³/mol. The summed E-state index contributed by atoms with van der Waals surface area (Å²) in [6, 6.07) is 14.7. The molecule has 0 amide bonds. The minimum absolute atomic E-state index is 0.101. The monoisotopic (exact) mass is 504 g/mol. The summed E-state index contributed by atoms with van der Waals surface area (Å²) < 4.78 is 11.1. The summed E-state index contributed by atoms with van der Waals surface area (Å²) in [7, 11) is 0. The van der Waals surface area contributed by atoms with E-state index >= 15 is 0 Å². The number of ketones is 1. The molecule has 3 aliphatic heterocycles. The van der Waals surface area contributed by atoms with Crippen molar-refractivity contribution in [1.82, 2.24) is 14.8 Å². The van der Waals surface area contributed by atoms with Crippen LogP contribution in [-0.4, -0.2) is 92.8 Å². The first-order valence-electron chi connectivity index (χ1n) is 13.6. The number of pyridine rings is 1. The number of aryl methyl sites for hydroxylation is 1. The van der Waals surface area contributed by atoms with Gasteiger partial charge < -0.3 is 14.4 Å². The molecule has 0 aliphatic carbocycles. The molecule has 0 saturated carbocycles. The number of anilines is 1. The van der Waals surface area contributed by atoms with E-state index in [-0.39, 0.29) is 11.8 Å². The quantitative estimate of drug-likeness (QED) is 0.557. The number of hydrogen-bond acceptors (Lipinski definition) is 7. The van der Waals surface area contributed by atoms with Crippen LogP contribution in [0.2, 0.25) is 0 Å². The Kier molecular flexibility index (Phi) is 8.05. The van der Waals surface area contributed by atoms with E-state index < -0.39 is 5.41 Å². The van der Waals surface area contributed by atoms with Crippen molar-refractivity contribution in [1.29, 1.82) is 0 Å². The molecule has 0 spiro atoms. The van der Waals surface area contributed by atoms with Crippen LogP contribution in [0.25, 0.3) is 6.08 Å². The van der Waals surface area contributed by atoms with Crippen molar-refractivity contribution in [3.8, 4) is 0 Å². The van der Waals surface area contributed by atoms with Gasteiger partial charge in [0.1, 0.15) is 5.82 Å². The zero-order valence-corrected chi connectivity index (χ0v) is 22.5. The molecule has 1 aromatic carbocycles. The predicted octanol–water partition coefficient (Wildman–Crippen LogP) is 3.59. The maximum Gasteiger partial charge on any atom is 0.167 e. The van der Waals surface area contributed by atoms with Gasteiger partial charge in [0.15, 0.2) is 5.78 Å². The number of piperidine rings is 1. The van der Waals surface area contributed by atoms with Crippen LogP contribution in [0.5, 0.6) is 0 Å². The highest BCUT2D eigenvalue weighted by Gasteiger charge is 2.44. The molecule has 2 aromatic rings. The number of Topliss-reactive ketones (excluding diaryl/α,β-unsaturated/α-hetero) is 1. The van der Waals surface area contributed by atoms with Gasteiger partial charge in [-0.25, -0.2) is 4.98 Å². The van der Waals surface area contributed by atoms with Gasteiger partial charge in [0.2, 0.25) is 0 Å². The second kappa shape index (κ2) is 11.4. The van der Waals surface area contributed by atoms with Crippen LogP contribution in [0.1, 0.15) is 36.7 Å². The van der Waals surface area contributed by atoms with Gasteiger partial charge in [-0.15, -0.1) is 0 Å². The molecule has 3 fully saturated rings. The van der Waals surface area contributed by atoms with E-state index in [1.807, 2.05) is 24.3 Å². The summed E-state index contributed by atoms with van der Waals surface area (Å²) in [6.45, 7) is 15.5. The maximum absolute atomic E-state index is 14.0. The molecule has 5 rings (SSSR count). The van der Waals surface area contributed by atoms with Gasteiger partial charge in [0.25, 0.3) is 0 Å². The van der Waals surface area contributed by atoms with E-state index in [4.69, 9.17) is 14.5 Å². The third-order valence-electron chi connectivity index (χ3n) is 7.73.